The van der Waals surface area contributed by atoms with Crippen LogP contribution in [0.5, 0.6) is 11.5 Å². The first-order valence-corrected chi connectivity index (χ1v) is 8.84. The van der Waals surface area contributed by atoms with Gasteiger partial charge in [-0.3, -0.25) is 4.90 Å². The number of hydrogen-bond acceptors (Lipinski definition) is 3. The van der Waals surface area contributed by atoms with Crippen molar-refractivity contribution in [2.75, 3.05) is 13.7 Å². The smallest absolute Gasteiger partial charge is 0.160 e. The molecule has 1 saturated heterocycles. The maximum Gasteiger partial charge on any atom is 0.160 e. The number of benzene rings is 2. The molecule has 0 aliphatic carbocycles. The fraction of sp³-hybridized carbons (Fsp3) is 0.429. The lowest BCUT2D eigenvalue weighted by atomic mass is 9.99. The minimum atomic E-state index is 0.219. The van der Waals surface area contributed by atoms with E-state index in [4.69, 9.17) is 4.74 Å². The van der Waals surface area contributed by atoms with E-state index in [0.29, 0.717) is 11.8 Å². The van der Waals surface area contributed by atoms with Crippen LogP contribution < -0.4 is 4.74 Å². The van der Waals surface area contributed by atoms with Gasteiger partial charge in [0.05, 0.1) is 7.11 Å². The number of methoxy groups -OCH3 is 1. The van der Waals surface area contributed by atoms with E-state index in [9.17, 15) is 5.11 Å². The summed E-state index contributed by atoms with van der Waals surface area (Å²) in [6, 6.07) is 15.1. The molecule has 0 aromatic heterocycles. The van der Waals surface area contributed by atoms with Crippen molar-refractivity contribution in [1.29, 1.82) is 0 Å². The molecule has 0 saturated carbocycles. The molecule has 2 aromatic rings. The number of nitrogens with zero attached hydrogens (tertiary/aromatic N) is 1. The lowest BCUT2D eigenvalue weighted by molar-refractivity contribution is 0.192. The maximum absolute atomic E-state index is 10.0. The Balaban J connectivity index is 1.82. The highest BCUT2D eigenvalue weighted by molar-refractivity contribution is 5.41. The molecule has 3 rings (SSSR count). The Bertz CT molecular complexity index is 666. The summed E-state index contributed by atoms with van der Waals surface area (Å²) >= 11 is 0. The van der Waals surface area contributed by atoms with Gasteiger partial charge in [0.1, 0.15) is 0 Å². The van der Waals surface area contributed by atoms with Crippen molar-refractivity contribution in [3.8, 4) is 11.5 Å². The van der Waals surface area contributed by atoms with Gasteiger partial charge in [-0.25, -0.2) is 0 Å². The molecule has 128 valence electrons. The minimum Gasteiger partial charge on any atom is -0.504 e. The second kappa shape index (κ2) is 7.71. The van der Waals surface area contributed by atoms with Gasteiger partial charge in [0.15, 0.2) is 11.5 Å². The highest BCUT2D eigenvalue weighted by Crippen LogP contribution is 2.33. The molecule has 1 atom stereocenters. The van der Waals surface area contributed by atoms with E-state index in [1.165, 1.54) is 36.8 Å². The first kappa shape index (κ1) is 16.8. The zero-order chi connectivity index (χ0) is 16.9. The Hall–Kier alpha value is -2.00. The van der Waals surface area contributed by atoms with Gasteiger partial charge in [0.2, 0.25) is 0 Å². The van der Waals surface area contributed by atoms with Crippen molar-refractivity contribution in [3.05, 3.63) is 59.2 Å². The second-order valence-corrected chi connectivity index (χ2v) is 6.75. The summed E-state index contributed by atoms with van der Waals surface area (Å²) in [6.45, 7) is 4.09. The van der Waals surface area contributed by atoms with E-state index < -0.39 is 0 Å². The van der Waals surface area contributed by atoms with Crippen LogP contribution in [0.25, 0.3) is 0 Å². The third-order valence-electron chi connectivity index (χ3n) is 4.95. The molecule has 0 spiro atoms. The van der Waals surface area contributed by atoms with E-state index in [1.807, 2.05) is 12.1 Å². The van der Waals surface area contributed by atoms with Gasteiger partial charge < -0.3 is 9.84 Å². The number of phenolic OH excluding ortho intramolecular Hbond substituents is 1. The van der Waals surface area contributed by atoms with Crippen molar-refractivity contribution in [1.82, 2.24) is 4.90 Å². The number of phenols is 1. The molecule has 1 heterocycles. The molecule has 3 nitrogen and oxygen atoms in total. The van der Waals surface area contributed by atoms with Crippen LogP contribution in [0.3, 0.4) is 0 Å². The molecule has 1 unspecified atom stereocenters. The molecule has 3 heteroatoms. The van der Waals surface area contributed by atoms with Gasteiger partial charge in [-0.1, -0.05) is 48.7 Å². The van der Waals surface area contributed by atoms with Gasteiger partial charge in [-0.15, -0.1) is 0 Å². The summed E-state index contributed by atoms with van der Waals surface area (Å²) in [5.74, 6) is 0.751. The van der Waals surface area contributed by atoms with Crippen LogP contribution in [0.15, 0.2) is 42.5 Å². The molecule has 1 fully saturated rings. The van der Waals surface area contributed by atoms with E-state index in [1.54, 1.807) is 7.11 Å². The second-order valence-electron chi connectivity index (χ2n) is 6.75. The van der Waals surface area contributed by atoms with Crippen LogP contribution in [0, 0.1) is 6.92 Å². The Morgan fingerprint density at radius 3 is 2.58 bits per heavy atom. The third-order valence-corrected chi connectivity index (χ3v) is 4.95. The summed E-state index contributed by atoms with van der Waals surface area (Å²) in [5.41, 5.74) is 3.84. The lowest BCUT2D eigenvalue weighted by Crippen LogP contribution is -2.28. The molecular weight excluding hydrogens is 298 g/mol. The number of hydrogen-bond donors (Lipinski definition) is 1. The first-order valence-electron chi connectivity index (χ1n) is 8.84. The number of ether oxygens (including phenoxy) is 1. The van der Waals surface area contributed by atoms with Crippen molar-refractivity contribution in [2.24, 2.45) is 0 Å². The van der Waals surface area contributed by atoms with E-state index in [0.717, 1.165) is 18.7 Å². The quantitative estimate of drug-likeness (QED) is 0.874. The van der Waals surface area contributed by atoms with Crippen LogP contribution in [-0.2, 0) is 6.54 Å². The van der Waals surface area contributed by atoms with Crippen LogP contribution in [0.1, 0.15) is 48.4 Å². The fourth-order valence-corrected chi connectivity index (χ4v) is 3.59. The number of likely N-dealkylation sites (tertiary alicyclic amines) is 1. The van der Waals surface area contributed by atoms with Crippen molar-refractivity contribution >= 4 is 0 Å². The zero-order valence-electron chi connectivity index (χ0n) is 14.7. The molecule has 0 bridgehead atoms. The summed E-state index contributed by atoms with van der Waals surface area (Å²) in [4.78, 5) is 2.55. The molecule has 2 aromatic carbocycles. The summed E-state index contributed by atoms with van der Waals surface area (Å²) in [5, 5.41) is 10.0. The Morgan fingerprint density at radius 1 is 1.08 bits per heavy atom. The van der Waals surface area contributed by atoms with E-state index in [2.05, 4.69) is 42.2 Å². The van der Waals surface area contributed by atoms with Gasteiger partial charge in [0, 0.05) is 12.6 Å². The SMILES string of the molecule is COc1ccc(CN2CCCCCC2c2ccc(C)cc2)cc1O. The average molecular weight is 325 g/mol. The molecule has 0 amide bonds. The third kappa shape index (κ3) is 3.90. The van der Waals surface area contributed by atoms with Crippen LogP contribution in [0.2, 0.25) is 0 Å². The Labute approximate surface area is 144 Å². The summed E-state index contributed by atoms with van der Waals surface area (Å²) in [7, 11) is 1.58. The van der Waals surface area contributed by atoms with Gasteiger partial charge in [-0.05, 0) is 49.6 Å². The zero-order valence-corrected chi connectivity index (χ0v) is 14.7. The van der Waals surface area contributed by atoms with Crippen molar-refractivity contribution < 1.29 is 9.84 Å². The fourth-order valence-electron chi connectivity index (χ4n) is 3.59. The van der Waals surface area contributed by atoms with Crippen LogP contribution >= 0.6 is 0 Å². The predicted molar refractivity (Wildman–Crippen MR) is 97.5 cm³/mol. The van der Waals surface area contributed by atoms with Gasteiger partial charge in [0.25, 0.3) is 0 Å². The normalized spacial score (nSPS) is 19.0. The molecule has 0 radical (unpaired) electrons. The largest absolute Gasteiger partial charge is 0.504 e. The standard InChI is InChI=1S/C21H27NO2/c1-16-7-10-18(11-8-16)19-6-4-3-5-13-22(19)15-17-9-12-21(24-2)20(23)14-17/h7-12,14,19,23H,3-6,13,15H2,1-2H3. The monoisotopic (exact) mass is 325 g/mol. The molecular formula is C21H27NO2. The predicted octanol–water partition coefficient (Wildman–Crippen LogP) is 4.83. The lowest BCUT2D eigenvalue weighted by Gasteiger charge is -2.30. The van der Waals surface area contributed by atoms with E-state index >= 15 is 0 Å². The molecule has 1 aliphatic rings. The van der Waals surface area contributed by atoms with Crippen LogP contribution in [0.4, 0.5) is 0 Å². The minimum absolute atomic E-state index is 0.219. The highest BCUT2D eigenvalue weighted by Gasteiger charge is 2.23. The highest BCUT2D eigenvalue weighted by atomic mass is 16.5. The average Bonchev–Trinajstić information content (AvgIpc) is 2.81. The molecule has 1 aliphatic heterocycles. The molecule has 24 heavy (non-hydrogen) atoms. The van der Waals surface area contributed by atoms with Crippen molar-refractivity contribution in [2.45, 2.75) is 45.2 Å². The maximum atomic E-state index is 10.0. The first-order chi connectivity index (χ1) is 11.7. The number of rotatable bonds is 4. The topological polar surface area (TPSA) is 32.7 Å². The molecule has 1 N–H and O–H groups in total. The van der Waals surface area contributed by atoms with Gasteiger partial charge in [-0.2, -0.15) is 0 Å². The summed E-state index contributed by atoms with van der Waals surface area (Å²) in [6.07, 6.45) is 5.02. The van der Waals surface area contributed by atoms with Crippen molar-refractivity contribution in [3.63, 3.8) is 0 Å². The Kier molecular flexibility index (Phi) is 5.41. The summed E-state index contributed by atoms with van der Waals surface area (Å²) < 4.78 is 5.15. The number of aromatic hydroxyl groups is 1. The number of aryl methyl sites for hydroxylation is 1. The van der Waals surface area contributed by atoms with E-state index in [-0.39, 0.29) is 5.75 Å². The van der Waals surface area contributed by atoms with Crippen LogP contribution in [-0.4, -0.2) is 23.7 Å². The Morgan fingerprint density at radius 2 is 1.88 bits per heavy atom. The van der Waals surface area contributed by atoms with Gasteiger partial charge >= 0.3 is 0 Å².